The summed E-state index contributed by atoms with van der Waals surface area (Å²) in [4.78, 5) is 0.106. The van der Waals surface area contributed by atoms with Crippen molar-refractivity contribution in [1.29, 1.82) is 0 Å². The van der Waals surface area contributed by atoms with Crippen LogP contribution in [0.2, 0.25) is 5.02 Å². The van der Waals surface area contributed by atoms with E-state index in [0.717, 1.165) is 5.56 Å². The first kappa shape index (κ1) is 17.0. The molecule has 6 heteroatoms. The van der Waals surface area contributed by atoms with Crippen LogP contribution in [0.15, 0.2) is 59.5 Å². The van der Waals surface area contributed by atoms with Crippen LogP contribution >= 0.6 is 11.6 Å². The first-order valence-corrected chi connectivity index (χ1v) is 9.42. The van der Waals surface area contributed by atoms with Crippen LogP contribution in [0, 0.1) is 0 Å². The maximum absolute atomic E-state index is 12.9. The van der Waals surface area contributed by atoms with E-state index in [0.29, 0.717) is 30.3 Å². The summed E-state index contributed by atoms with van der Waals surface area (Å²) in [5.74, 6) is 0.303. The molecule has 0 saturated carbocycles. The average molecular weight is 364 g/mol. The normalized spacial score (nSPS) is 15.8. The standard InChI is InChI=1S/C18H18ClNO3S/c1-23-17-8-7-16(19)13-18(17)24(21,22)20-11-9-15(10-12-20)14-5-3-2-4-6-14/h2-9,13H,10-12H2,1H3. The van der Waals surface area contributed by atoms with Gasteiger partial charge in [0.2, 0.25) is 10.0 Å². The van der Waals surface area contributed by atoms with Gasteiger partial charge in [0.05, 0.1) is 7.11 Å². The summed E-state index contributed by atoms with van der Waals surface area (Å²) in [7, 11) is -2.20. The van der Waals surface area contributed by atoms with Gasteiger partial charge in [-0.25, -0.2) is 8.42 Å². The molecular weight excluding hydrogens is 346 g/mol. The van der Waals surface area contributed by atoms with Gasteiger partial charge in [0.15, 0.2) is 0 Å². The molecule has 2 aromatic carbocycles. The molecule has 0 radical (unpaired) electrons. The zero-order valence-electron chi connectivity index (χ0n) is 13.3. The number of benzene rings is 2. The molecule has 4 nitrogen and oxygen atoms in total. The van der Waals surface area contributed by atoms with Gasteiger partial charge >= 0.3 is 0 Å². The fourth-order valence-electron chi connectivity index (χ4n) is 2.77. The number of hydrogen-bond donors (Lipinski definition) is 0. The highest BCUT2D eigenvalue weighted by Crippen LogP contribution is 2.32. The number of hydrogen-bond acceptors (Lipinski definition) is 3. The van der Waals surface area contributed by atoms with Crippen molar-refractivity contribution in [2.24, 2.45) is 0 Å². The SMILES string of the molecule is COc1ccc(Cl)cc1S(=O)(=O)N1CC=C(c2ccccc2)CC1. The molecule has 0 aliphatic carbocycles. The molecule has 0 unspecified atom stereocenters. The Labute approximate surface area is 147 Å². The predicted molar refractivity (Wildman–Crippen MR) is 95.8 cm³/mol. The zero-order valence-corrected chi connectivity index (χ0v) is 14.8. The maximum atomic E-state index is 12.9. The van der Waals surface area contributed by atoms with Crippen LogP contribution in [-0.2, 0) is 10.0 Å². The van der Waals surface area contributed by atoms with Crippen LogP contribution in [0.25, 0.3) is 5.57 Å². The van der Waals surface area contributed by atoms with Gasteiger partial charge in [0.25, 0.3) is 0 Å². The highest BCUT2D eigenvalue weighted by molar-refractivity contribution is 7.89. The average Bonchev–Trinajstić information content (AvgIpc) is 2.62. The molecule has 1 aliphatic heterocycles. The van der Waals surface area contributed by atoms with Crippen molar-refractivity contribution in [3.8, 4) is 5.75 Å². The Hall–Kier alpha value is -1.82. The second kappa shape index (κ2) is 6.97. The van der Waals surface area contributed by atoms with Gasteiger partial charge < -0.3 is 4.74 Å². The van der Waals surface area contributed by atoms with Gasteiger partial charge in [0, 0.05) is 18.1 Å². The minimum absolute atomic E-state index is 0.106. The van der Waals surface area contributed by atoms with Crippen molar-refractivity contribution in [1.82, 2.24) is 4.31 Å². The van der Waals surface area contributed by atoms with Crippen LogP contribution < -0.4 is 4.74 Å². The smallest absolute Gasteiger partial charge is 0.247 e. The van der Waals surface area contributed by atoms with Gasteiger partial charge in [-0.15, -0.1) is 0 Å². The van der Waals surface area contributed by atoms with Crippen molar-refractivity contribution >= 4 is 27.2 Å². The van der Waals surface area contributed by atoms with Crippen LogP contribution in [-0.4, -0.2) is 32.9 Å². The number of halogens is 1. The third-order valence-corrected chi connectivity index (χ3v) is 6.18. The summed E-state index contributed by atoms with van der Waals surface area (Å²) in [5, 5.41) is 0.368. The monoisotopic (exact) mass is 363 g/mol. The third-order valence-electron chi connectivity index (χ3n) is 4.06. The molecule has 0 aromatic heterocycles. The van der Waals surface area contributed by atoms with Crippen molar-refractivity contribution in [3.63, 3.8) is 0 Å². The maximum Gasteiger partial charge on any atom is 0.247 e. The second-order valence-electron chi connectivity index (χ2n) is 5.50. The first-order chi connectivity index (χ1) is 11.5. The topological polar surface area (TPSA) is 46.6 Å². The molecular formula is C18H18ClNO3S. The number of sulfonamides is 1. The van der Waals surface area contributed by atoms with Gasteiger partial charge in [-0.1, -0.05) is 48.0 Å². The van der Waals surface area contributed by atoms with E-state index >= 15 is 0 Å². The number of nitrogens with zero attached hydrogens (tertiary/aromatic N) is 1. The number of rotatable bonds is 4. The minimum atomic E-state index is -3.65. The lowest BCUT2D eigenvalue weighted by Gasteiger charge is -2.26. The minimum Gasteiger partial charge on any atom is -0.495 e. The van der Waals surface area contributed by atoms with Crippen LogP contribution in [0.3, 0.4) is 0 Å². The predicted octanol–water partition coefficient (Wildman–Crippen LogP) is 3.83. The quantitative estimate of drug-likeness (QED) is 0.829. The Morgan fingerprint density at radius 3 is 2.50 bits per heavy atom. The molecule has 24 heavy (non-hydrogen) atoms. The highest BCUT2D eigenvalue weighted by atomic mass is 35.5. The molecule has 1 heterocycles. The van der Waals surface area contributed by atoms with E-state index in [1.54, 1.807) is 12.1 Å². The summed E-state index contributed by atoms with van der Waals surface area (Å²) < 4.78 is 32.5. The molecule has 3 rings (SSSR count). The van der Waals surface area contributed by atoms with Crippen LogP contribution in [0.5, 0.6) is 5.75 Å². The second-order valence-corrected chi connectivity index (χ2v) is 7.85. The van der Waals surface area contributed by atoms with Gasteiger partial charge in [-0.2, -0.15) is 4.31 Å². The molecule has 1 aliphatic rings. The number of methoxy groups -OCH3 is 1. The molecule has 0 spiro atoms. The van der Waals surface area contributed by atoms with E-state index < -0.39 is 10.0 Å². The molecule has 0 saturated heterocycles. The lowest BCUT2D eigenvalue weighted by atomic mass is 10.0. The van der Waals surface area contributed by atoms with Crippen molar-refractivity contribution in [2.75, 3.05) is 20.2 Å². The van der Waals surface area contributed by atoms with Crippen molar-refractivity contribution < 1.29 is 13.2 Å². The lowest BCUT2D eigenvalue weighted by molar-refractivity contribution is 0.395. The third kappa shape index (κ3) is 3.34. The Morgan fingerprint density at radius 2 is 1.88 bits per heavy atom. The summed E-state index contributed by atoms with van der Waals surface area (Å²) in [6.07, 6.45) is 2.64. The van der Waals surface area contributed by atoms with Gasteiger partial charge in [0.1, 0.15) is 10.6 Å². The van der Waals surface area contributed by atoms with Gasteiger partial charge in [-0.05, 0) is 35.8 Å². The summed E-state index contributed by atoms with van der Waals surface area (Å²) in [6.45, 7) is 0.765. The van der Waals surface area contributed by atoms with E-state index in [-0.39, 0.29) is 4.90 Å². The van der Waals surface area contributed by atoms with Crippen molar-refractivity contribution in [2.45, 2.75) is 11.3 Å². The Kier molecular flexibility index (Phi) is 4.94. The van der Waals surface area contributed by atoms with Crippen molar-refractivity contribution in [3.05, 3.63) is 65.2 Å². The van der Waals surface area contributed by atoms with Crippen LogP contribution in [0.1, 0.15) is 12.0 Å². The van der Waals surface area contributed by atoms with E-state index in [9.17, 15) is 8.42 Å². The fraction of sp³-hybridized carbons (Fsp3) is 0.222. The van der Waals surface area contributed by atoms with Gasteiger partial charge in [-0.3, -0.25) is 0 Å². The largest absolute Gasteiger partial charge is 0.495 e. The zero-order chi connectivity index (χ0) is 17.2. The first-order valence-electron chi connectivity index (χ1n) is 7.60. The number of ether oxygens (including phenoxy) is 1. The molecule has 0 atom stereocenters. The van der Waals surface area contributed by atoms with E-state index in [4.69, 9.17) is 16.3 Å². The fourth-order valence-corrected chi connectivity index (χ4v) is 4.57. The molecule has 0 amide bonds. The summed E-state index contributed by atoms with van der Waals surface area (Å²) in [5.41, 5.74) is 2.30. The van der Waals surface area contributed by atoms with E-state index in [1.807, 2.05) is 36.4 Å². The molecule has 0 bridgehead atoms. The molecule has 0 N–H and O–H groups in total. The Morgan fingerprint density at radius 1 is 1.12 bits per heavy atom. The summed E-state index contributed by atoms with van der Waals surface area (Å²) >= 11 is 5.97. The van der Waals surface area contributed by atoms with Crippen LogP contribution in [0.4, 0.5) is 0 Å². The Bertz CT molecular complexity index is 863. The Balaban J connectivity index is 1.88. The molecule has 0 fully saturated rings. The molecule has 2 aromatic rings. The lowest BCUT2D eigenvalue weighted by Crippen LogP contribution is -2.34. The highest BCUT2D eigenvalue weighted by Gasteiger charge is 2.29. The summed E-state index contributed by atoms with van der Waals surface area (Å²) in [6, 6.07) is 14.6. The van der Waals surface area contributed by atoms with E-state index in [2.05, 4.69) is 0 Å². The van der Waals surface area contributed by atoms with E-state index in [1.165, 1.54) is 23.1 Å². The molecule has 126 valence electrons.